The van der Waals surface area contributed by atoms with Gasteiger partial charge in [-0.05, 0) is 0 Å². The Kier molecular flexibility index (Phi) is 4.63. The van der Waals surface area contributed by atoms with Gasteiger partial charge in [0.1, 0.15) is 5.02 Å². The van der Waals surface area contributed by atoms with Gasteiger partial charge in [-0.1, -0.05) is 34.8 Å². The zero-order valence-electron chi connectivity index (χ0n) is 10.0. The molecule has 0 fully saturated rings. The minimum Gasteiger partial charge on any atom is -0.430 e. The van der Waals surface area contributed by atoms with Gasteiger partial charge in [-0.15, -0.1) is 0 Å². The Balaban J connectivity index is 2.48. The fraction of sp³-hybridized carbons (Fsp3) is 0. The van der Waals surface area contributed by atoms with Crippen molar-refractivity contribution < 1.29 is 9.66 Å². The number of ether oxygens (including phenoxy) is 1. The molecule has 0 spiro atoms. The van der Waals surface area contributed by atoms with E-state index in [0.29, 0.717) is 0 Å². The standard InChI is InChI=1S/C10H6Cl3N5O3/c11-4-1-7(18(19)20)8(2-5(4)12)21-9-6(13)3-15-10(16-9)17-14/h1-3H,14H2,(H,15,16,17). The lowest BCUT2D eigenvalue weighted by molar-refractivity contribution is -0.385. The molecule has 2 rings (SSSR count). The highest BCUT2D eigenvalue weighted by Gasteiger charge is 2.21. The third-order valence-electron chi connectivity index (χ3n) is 2.25. The van der Waals surface area contributed by atoms with Crippen LogP contribution in [0.25, 0.3) is 0 Å². The molecular weight excluding hydrogens is 345 g/mol. The molecule has 3 N–H and O–H groups in total. The number of aromatic nitrogens is 2. The van der Waals surface area contributed by atoms with Crippen molar-refractivity contribution in [1.29, 1.82) is 0 Å². The van der Waals surface area contributed by atoms with Crippen molar-refractivity contribution in [2.45, 2.75) is 0 Å². The average molecular weight is 351 g/mol. The molecule has 110 valence electrons. The number of benzene rings is 1. The molecule has 1 heterocycles. The zero-order chi connectivity index (χ0) is 15.6. The molecule has 0 unspecified atom stereocenters. The highest BCUT2D eigenvalue weighted by Crippen LogP contribution is 2.39. The van der Waals surface area contributed by atoms with Crippen molar-refractivity contribution >= 4 is 46.4 Å². The van der Waals surface area contributed by atoms with Gasteiger partial charge in [-0.2, -0.15) is 4.98 Å². The average Bonchev–Trinajstić information content (AvgIpc) is 2.44. The summed E-state index contributed by atoms with van der Waals surface area (Å²) >= 11 is 17.4. The molecule has 1 aromatic carbocycles. The van der Waals surface area contributed by atoms with Crippen LogP contribution in [0, 0.1) is 10.1 Å². The number of nitrogen functional groups attached to an aromatic ring is 1. The second-order valence-corrected chi connectivity index (χ2v) is 4.81. The van der Waals surface area contributed by atoms with Crippen LogP contribution < -0.4 is 16.0 Å². The van der Waals surface area contributed by atoms with E-state index in [1.807, 2.05) is 0 Å². The number of nitrogens with two attached hydrogens (primary N) is 1. The van der Waals surface area contributed by atoms with Crippen LogP contribution in [0.15, 0.2) is 18.3 Å². The SMILES string of the molecule is NNc1ncc(Cl)c(Oc2cc(Cl)c(Cl)cc2[N+](=O)[O-])n1. The number of nitrogens with zero attached hydrogens (tertiary/aromatic N) is 3. The number of hydrogen-bond donors (Lipinski definition) is 2. The summed E-state index contributed by atoms with van der Waals surface area (Å²) in [7, 11) is 0. The lowest BCUT2D eigenvalue weighted by Gasteiger charge is -2.09. The molecule has 0 aliphatic carbocycles. The van der Waals surface area contributed by atoms with Gasteiger partial charge in [0.25, 0.3) is 0 Å². The second kappa shape index (κ2) is 6.27. The van der Waals surface area contributed by atoms with Crippen molar-refractivity contribution in [2.75, 3.05) is 5.43 Å². The monoisotopic (exact) mass is 349 g/mol. The Morgan fingerprint density at radius 2 is 1.90 bits per heavy atom. The van der Waals surface area contributed by atoms with Crippen molar-refractivity contribution in [3.05, 3.63) is 43.5 Å². The maximum absolute atomic E-state index is 11.0. The first kappa shape index (κ1) is 15.5. The number of nitro groups is 1. The predicted molar refractivity (Wildman–Crippen MR) is 78.0 cm³/mol. The first-order valence-electron chi connectivity index (χ1n) is 5.23. The largest absolute Gasteiger partial charge is 0.430 e. The van der Waals surface area contributed by atoms with Gasteiger partial charge in [-0.3, -0.25) is 15.5 Å². The third kappa shape index (κ3) is 3.42. The molecule has 21 heavy (non-hydrogen) atoms. The third-order valence-corrected chi connectivity index (χ3v) is 3.23. The van der Waals surface area contributed by atoms with E-state index in [-0.39, 0.29) is 38.3 Å². The Morgan fingerprint density at radius 1 is 1.24 bits per heavy atom. The topological polar surface area (TPSA) is 116 Å². The number of rotatable bonds is 4. The first-order chi connectivity index (χ1) is 9.92. The van der Waals surface area contributed by atoms with E-state index in [2.05, 4.69) is 15.4 Å². The number of nitrogens with one attached hydrogen (secondary N) is 1. The van der Waals surface area contributed by atoms with E-state index in [9.17, 15) is 10.1 Å². The lowest BCUT2D eigenvalue weighted by Crippen LogP contribution is -2.10. The number of halogens is 3. The molecular formula is C10H6Cl3N5O3. The molecule has 2 aromatic rings. The molecule has 0 amide bonds. The van der Waals surface area contributed by atoms with Crippen LogP contribution >= 0.6 is 34.8 Å². The summed E-state index contributed by atoms with van der Waals surface area (Å²) in [5.41, 5.74) is 1.81. The van der Waals surface area contributed by atoms with Crippen LogP contribution in [0.5, 0.6) is 11.6 Å². The number of hydrogen-bond acceptors (Lipinski definition) is 7. The van der Waals surface area contributed by atoms with Crippen LogP contribution in [0.2, 0.25) is 15.1 Å². The van der Waals surface area contributed by atoms with Gasteiger partial charge >= 0.3 is 5.69 Å². The zero-order valence-corrected chi connectivity index (χ0v) is 12.3. The van der Waals surface area contributed by atoms with Gasteiger partial charge in [-0.25, -0.2) is 10.8 Å². The van der Waals surface area contributed by atoms with Crippen LogP contribution in [-0.2, 0) is 0 Å². The van der Waals surface area contributed by atoms with Gasteiger partial charge in [0.05, 0.1) is 21.2 Å². The van der Waals surface area contributed by atoms with Crippen molar-refractivity contribution in [2.24, 2.45) is 5.84 Å². The molecule has 0 saturated heterocycles. The van der Waals surface area contributed by atoms with Crippen molar-refractivity contribution in [3.8, 4) is 11.6 Å². The Morgan fingerprint density at radius 3 is 2.52 bits per heavy atom. The van der Waals surface area contributed by atoms with Crippen molar-refractivity contribution in [3.63, 3.8) is 0 Å². The summed E-state index contributed by atoms with van der Waals surface area (Å²) in [6.07, 6.45) is 1.22. The molecule has 0 aliphatic heterocycles. The summed E-state index contributed by atoms with van der Waals surface area (Å²) in [6, 6.07) is 2.26. The summed E-state index contributed by atoms with van der Waals surface area (Å²) in [4.78, 5) is 17.9. The van der Waals surface area contributed by atoms with E-state index in [1.54, 1.807) is 0 Å². The lowest BCUT2D eigenvalue weighted by atomic mass is 10.3. The van der Waals surface area contributed by atoms with E-state index in [1.165, 1.54) is 12.3 Å². The Hall–Kier alpha value is -1.87. The molecule has 0 atom stereocenters. The van der Waals surface area contributed by atoms with Gasteiger partial charge < -0.3 is 4.74 Å². The maximum Gasteiger partial charge on any atom is 0.313 e. The van der Waals surface area contributed by atoms with E-state index < -0.39 is 4.92 Å². The molecule has 0 bridgehead atoms. The van der Waals surface area contributed by atoms with Gasteiger partial charge in [0, 0.05) is 12.1 Å². The molecule has 1 aromatic heterocycles. The Labute approximate surface area is 132 Å². The molecule has 11 heteroatoms. The summed E-state index contributed by atoms with van der Waals surface area (Å²) < 4.78 is 5.32. The molecule has 0 saturated carbocycles. The van der Waals surface area contributed by atoms with Crippen LogP contribution in [0.4, 0.5) is 11.6 Å². The number of anilines is 1. The summed E-state index contributed by atoms with van der Waals surface area (Å²) in [6.45, 7) is 0. The smallest absolute Gasteiger partial charge is 0.313 e. The van der Waals surface area contributed by atoms with Crippen LogP contribution in [-0.4, -0.2) is 14.9 Å². The molecule has 0 radical (unpaired) electrons. The minimum atomic E-state index is -0.672. The van der Waals surface area contributed by atoms with E-state index in [0.717, 1.165) is 6.07 Å². The van der Waals surface area contributed by atoms with Gasteiger partial charge in [0.15, 0.2) is 0 Å². The molecule has 0 aliphatic rings. The maximum atomic E-state index is 11.0. The number of nitro benzene ring substituents is 1. The second-order valence-electron chi connectivity index (χ2n) is 3.58. The fourth-order valence-corrected chi connectivity index (χ4v) is 1.78. The summed E-state index contributed by atoms with van der Waals surface area (Å²) in [5.74, 6) is 4.90. The molecule has 8 nitrogen and oxygen atoms in total. The van der Waals surface area contributed by atoms with Crippen molar-refractivity contribution in [1.82, 2.24) is 9.97 Å². The van der Waals surface area contributed by atoms with Crippen LogP contribution in [0.3, 0.4) is 0 Å². The first-order valence-corrected chi connectivity index (χ1v) is 6.36. The van der Waals surface area contributed by atoms with E-state index >= 15 is 0 Å². The summed E-state index contributed by atoms with van der Waals surface area (Å²) in [5, 5.41) is 11.2. The van der Waals surface area contributed by atoms with Crippen LogP contribution in [0.1, 0.15) is 0 Å². The van der Waals surface area contributed by atoms with Gasteiger partial charge in [0.2, 0.25) is 17.6 Å². The quantitative estimate of drug-likeness (QED) is 0.493. The fourth-order valence-electron chi connectivity index (χ4n) is 1.34. The predicted octanol–water partition coefficient (Wildman–Crippen LogP) is 3.42. The minimum absolute atomic E-state index is 0.0221. The highest BCUT2D eigenvalue weighted by molar-refractivity contribution is 6.42. The Bertz CT molecular complexity index is 713. The normalized spacial score (nSPS) is 10.3. The highest BCUT2D eigenvalue weighted by atomic mass is 35.5. The number of hydrazine groups is 1. The van der Waals surface area contributed by atoms with E-state index in [4.69, 9.17) is 45.4 Å².